The van der Waals surface area contributed by atoms with Gasteiger partial charge in [0.2, 0.25) is 0 Å². The van der Waals surface area contributed by atoms with Crippen LogP contribution in [0.1, 0.15) is 64.7 Å². The molecule has 0 spiro atoms. The van der Waals surface area contributed by atoms with E-state index in [1.54, 1.807) is 0 Å². The van der Waals surface area contributed by atoms with Crippen molar-refractivity contribution in [1.82, 2.24) is 0 Å². The van der Waals surface area contributed by atoms with E-state index in [0.717, 1.165) is 19.4 Å². The third-order valence-electron chi connectivity index (χ3n) is 7.50. The largest absolute Gasteiger partial charge is 0.462 e. The quantitative estimate of drug-likeness (QED) is 0.487. The van der Waals surface area contributed by atoms with Crippen molar-refractivity contribution >= 4 is 11.7 Å². The Balaban J connectivity index is 1.57. The molecule has 0 saturated carbocycles. The summed E-state index contributed by atoms with van der Waals surface area (Å²) in [4.78, 5) is 15.4. The molecule has 6 rings (SSSR count). The van der Waals surface area contributed by atoms with Gasteiger partial charge in [0, 0.05) is 24.1 Å². The van der Waals surface area contributed by atoms with Crippen molar-refractivity contribution in [3.63, 3.8) is 0 Å². The Morgan fingerprint density at radius 1 is 1.03 bits per heavy atom. The van der Waals surface area contributed by atoms with Gasteiger partial charge in [-0.1, -0.05) is 54.6 Å². The first-order valence-corrected chi connectivity index (χ1v) is 11.3. The molecule has 0 amide bonds. The normalized spacial score (nSPS) is 30.0. The topological polar surface area (TPSA) is 29.5 Å². The number of hydrogen-bond acceptors (Lipinski definition) is 3. The number of benzene rings is 2. The van der Waals surface area contributed by atoms with E-state index in [4.69, 9.17) is 4.74 Å². The number of carbonyl (C=O) groups is 1. The number of esters is 1. The van der Waals surface area contributed by atoms with Crippen LogP contribution in [0.2, 0.25) is 0 Å². The van der Waals surface area contributed by atoms with Crippen LogP contribution in [0.15, 0.2) is 66.8 Å². The molecule has 2 aliphatic carbocycles. The van der Waals surface area contributed by atoms with E-state index < -0.39 is 0 Å². The standard InChI is InChI=1S/C27H27NO2/c1-2-30-27(29)19-14-23-20-11-6-10-18(20)16-28-25(17-8-4-3-5-9-17)22-13-7-12-21(22)24(15-19)26(23)28/h3-9,11-12,14-15,18,20-22,25H,2,10,13,16H2,1H3/t18-,20-,21+,22-,25-/m0/s1. The van der Waals surface area contributed by atoms with Gasteiger partial charge in [0.25, 0.3) is 0 Å². The van der Waals surface area contributed by atoms with E-state index in [9.17, 15) is 4.79 Å². The van der Waals surface area contributed by atoms with Crippen molar-refractivity contribution in [3.05, 3.63) is 89.0 Å². The van der Waals surface area contributed by atoms with Crippen LogP contribution in [-0.4, -0.2) is 19.1 Å². The summed E-state index contributed by atoms with van der Waals surface area (Å²) >= 11 is 0. The Bertz CT molecular complexity index is 1040. The van der Waals surface area contributed by atoms with Crippen molar-refractivity contribution in [3.8, 4) is 0 Å². The molecule has 0 N–H and O–H groups in total. The zero-order chi connectivity index (χ0) is 20.2. The highest BCUT2D eigenvalue weighted by Gasteiger charge is 2.48. The number of allylic oxidation sites excluding steroid dienone is 4. The van der Waals surface area contributed by atoms with Crippen molar-refractivity contribution in [1.29, 1.82) is 0 Å². The summed E-state index contributed by atoms with van der Waals surface area (Å²) in [7, 11) is 0. The van der Waals surface area contributed by atoms with E-state index in [1.807, 2.05) is 6.92 Å². The predicted octanol–water partition coefficient (Wildman–Crippen LogP) is 5.76. The summed E-state index contributed by atoms with van der Waals surface area (Å²) in [6.45, 7) is 3.36. The summed E-state index contributed by atoms with van der Waals surface area (Å²) < 4.78 is 5.39. The lowest BCUT2D eigenvalue weighted by molar-refractivity contribution is 0.0526. The van der Waals surface area contributed by atoms with E-state index in [0.29, 0.717) is 41.9 Å². The minimum Gasteiger partial charge on any atom is -0.462 e. The average molecular weight is 398 g/mol. The zero-order valence-corrected chi connectivity index (χ0v) is 17.3. The second-order valence-corrected chi connectivity index (χ2v) is 9.03. The summed E-state index contributed by atoms with van der Waals surface area (Å²) in [5, 5.41) is 0. The smallest absolute Gasteiger partial charge is 0.338 e. The average Bonchev–Trinajstić information content (AvgIpc) is 3.44. The lowest BCUT2D eigenvalue weighted by Crippen LogP contribution is -2.46. The van der Waals surface area contributed by atoms with Crippen LogP contribution in [-0.2, 0) is 4.74 Å². The Labute approximate surface area is 178 Å². The molecule has 0 aromatic heterocycles. The molecule has 2 aliphatic heterocycles. The first-order valence-electron chi connectivity index (χ1n) is 11.3. The van der Waals surface area contributed by atoms with Crippen LogP contribution in [0.5, 0.6) is 0 Å². The number of rotatable bonds is 3. The van der Waals surface area contributed by atoms with Gasteiger partial charge in [0.05, 0.1) is 18.2 Å². The van der Waals surface area contributed by atoms with Crippen LogP contribution >= 0.6 is 0 Å². The van der Waals surface area contributed by atoms with Gasteiger partial charge in [0.1, 0.15) is 0 Å². The van der Waals surface area contributed by atoms with E-state index in [-0.39, 0.29) is 5.97 Å². The maximum absolute atomic E-state index is 12.7. The number of fused-ring (bicyclic) bond motifs is 4. The fraction of sp³-hybridized carbons (Fsp3) is 0.370. The first-order chi connectivity index (χ1) is 14.8. The molecule has 2 heterocycles. The molecule has 0 fully saturated rings. The monoisotopic (exact) mass is 397 g/mol. The van der Waals surface area contributed by atoms with Gasteiger partial charge < -0.3 is 9.64 Å². The van der Waals surface area contributed by atoms with E-state index >= 15 is 0 Å². The number of carbonyl (C=O) groups excluding carboxylic acids is 1. The zero-order valence-electron chi connectivity index (χ0n) is 17.3. The van der Waals surface area contributed by atoms with Crippen LogP contribution in [0, 0.1) is 11.8 Å². The Kier molecular flexibility index (Phi) is 4.12. The predicted molar refractivity (Wildman–Crippen MR) is 119 cm³/mol. The summed E-state index contributed by atoms with van der Waals surface area (Å²) in [6.07, 6.45) is 11.6. The number of nitrogens with zero attached hydrogens (tertiary/aromatic N) is 1. The van der Waals surface area contributed by atoms with Gasteiger partial charge >= 0.3 is 5.97 Å². The Morgan fingerprint density at radius 3 is 2.57 bits per heavy atom. The van der Waals surface area contributed by atoms with Crippen LogP contribution < -0.4 is 4.90 Å². The van der Waals surface area contributed by atoms with Gasteiger partial charge in [0.15, 0.2) is 0 Å². The van der Waals surface area contributed by atoms with Crippen molar-refractivity contribution in [2.24, 2.45) is 11.8 Å². The molecule has 2 aromatic rings. The van der Waals surface area contributed by atoms with Gasteiger partial charge in [-0.15, -0.1) is 0 Å². The fourth-order valence-corrected chi connectivity index (χ4v) is 6.34. The molecular formula is C27H27NO2. The third kappa shape index (κ3) is 2.54. The minimum atomic E-state index is -0.198. The van der Waals surface area contributed by atoms with Gasteiger partial charge in [-0.2, -0.15) is 0 Å². The maximum atomic E-state index is 12.7. The molecule has 4 aliphatic rings. The molecule has 30 heavy (non-hydrogen) atoms. The molecule has 0 saturated heterocycles. The fourth-order valence-electron chi connectivity index (χ4n) is 6.34. The van der Waals surface area contributed by atoms with Crippen LogP contribution in [0.4, 0.5) is 5.69 Å². The maximum Gasteiger partial charge on any atom is 0.338 e. The lowest BCUT2D eigenvalue weighted by Gasteiger charge is -2.51. The van der Waals surface area contributed by atoms with Crippen molar-refractivity contribution in [2.45, 2.75) is 37.6 Å². The molecule has 0 radical (unpaired) electrons. The minimum absolute atomic E-state index is 0.198. The molecule has 0 bridgehead atoms. The second kappa shape index (κ2) is 6.87. The summed E-state index contributed by atoms with van der Waals surface area (Å²) in [5.74, 6) is 1.66. The summed E-state index contributed by atoms with van der Waals surface area (Å²) in [5.41, 5.74) is 6.13. The van der Waals surface area contributed by atoms with Gasteiger partial charge in [-0.3, -0.25) is 0 Å². The third-order valence-corrected chi connectivity index (χ3v) is 7.50. The lowest BCUT2D eigenvalue weighted by atomic mass is 9.70. The van der Waals surface area contributed by atoms with E-state index in [1.165, 1.54) is 22.4 Å². The Morgan fingerprint density at radius 2 is 1.77 bits per heavy atom. The SMILES string of the molecule is CCOC(=O)c1cc2c3c(c1)[C@@H]1C=CC[C@@H]1[C@H](c1ccccc1)N3C[C@@H]1CC=C[C@H]21. The number of anilines is 1. The molecular weight excluding hydrogens is 370 g/mol. The molecule has 152 valence electrons. The van der Waals surface area contributed by atoms with Crippen molar-refractivity contribution in [2.75, 3.05) is 18.1 Å². The Hall–Kier alpha value is -2.81. The number of ether oxygens (including phenoxy) is 1. The highest BCUT2D eigenvalue weighted by atomic mass is 16.5. The van der Waals surface area contributed by atoms with Crippen LogP contribution in [0.25, 0.3) is 0 Å². The van der Waals surface area contributed by atoms with Crippen molar-refractivity contribution < 1.29 is 9.53 Å². The first kappa shape index (κ1) is 18.0. The van der Waals surface area contributed by atoms with E-state index in [2.05, 4.69) is 71.7 Å². The second-order valence-electron chi connectivity index (χ2n) is 9.03. The molecule has 5 atom stereocenters. The molecule has 2 aromatic carbocycles. The highest BCUT2D eigenvalue weighted by molar-refractivity contribution is 5.92. The van der Waals surface area contributed by atoms with Crippen LogP contribution in [0.3, 0.4) is 0 Å². The van der Waals surface area contributed by atoms with Gasteiger partial charge in [-0.05, 0) is 60.4 Å². The summed E-state index contributed by atoms with van der Waals surface area (Å²) in [6, 6.07) is 15.6. The van der Waals surface area contributed by atoms with Gasteiger partial charge in [-0.25, -0.2) is 4.79 Å². The molecule has 3 nitrogen and oxygen atoms in total. The molecule has 0 unspecified atom stereocenters. The molecule has 3 heteroatoms. The highest BCUT2D eigenvalue weighted by Crippen LogP contribution is 2.58. The number of hydrogen-bond donors (Lipinski definition) is 0.